The molecule has 0 radical (unpaired) electrons. The van der Waals surface area contributed by atoms with Crippen LogP contribution in [0.5, 0.6) is 0 Å². The van der Waals surface area contributed by atoms with Gasteiger partial charge in [0, 0.05) is 6.04 Å². The van der Waals surface area contributed by atoms with E-state index in [1.807, 2.05) is 32.3 Å². The normalized spacial score (nSPS) is 13.5. The molecule has 5 heteroatoms. The molecule has 1 aromatic heterocycles. The SMILES string of the molecule is CC(C)n1cncc1[C@@H](C)NC(=O)OC(C)(C)C. The molecular formula is C13H23N3O2. The first-order valence-corrected chi connectivity index (χ1v) is 6.22. The molecule has 1 heterocycles. The third-order valence-electron chi connectivity index (χ3n) is 2.43. The first-order chi connectivity index (χ1) is 8.20. The van der Waals surface area contributed by atoms with Crippen molar-refractivity contribution in [3.05, 3.63) is 18.2 Å². The third kappa shape index (κ3) is 4.05. The smallest absolute Gasteiger partial charge is 0.408 e. The zero-order valence-electron chi connectivity index (χ0n) is 12.0. The van der Waals surface area contributed by atoms with Crippen LogP contribution in [0.1, 0.15) is 59.3 Å². The molecule has 0 aliphatic heterocycles. The Labute approximate surface area is 109 Å². The summed E-state index contributed by atoms with van der Waals surface area (Å²) >= 11 is 0. The highest BCUT2D eigenvalue weighted by molar-refractivity contribution is 5.68. The van der Waals surface area contributed by atoms with Gasteiger partial charge < -0.3 is 14.6 Å². The monoisotopic (exact) mass is 253 g/mol. The summed E-state index contributed by atoms with van der Waals surface area (Å²) in [6.45, 7) is 11.6. The summed E-state index contributed by atoms with van der Waals surface area (Å²) in [6.07, 6.45) is 3.13. The zero-order chi connectivity index (χ0) is 13.9. The summed E-state index contributed by atoms with van der Waals surface area (Å²) in [4.78, 5) is 15.8. The van der Waals surface area contributed by atoms with Crippen molar-refractivity contribution < 1.29 is 9.53 Å². The molecule has 1 aromatic rings. The maximum Gasteiger partial charge on any atom is 0.408 e. The lowest BCUT2D eigenvalue weighted by molar-refractivity contribution is 0.0506. The number of rotatable bonds is 3. The van der Waals surface area contributed by atoms with E-state index in [9.17, 15) is 4.79 Å². The number of ether oxygens (including phenoxy) is 1. The molecule has 0 aliphatic rings. The molecule has 0 bridgehead atoms. The Morgan fingerprint density at radius 2 is 2.00 bits per heavy atom. The van der Waals surface area contributed by atoms with Crippen LogP contribution in [-0.2, 0) is 4.74 Å². The Bertz CT molecular complexity index is 405. The molecule has 1 N–H and O–H groups in total. The van der Waals surface area contributed by atoms with Gasteiger partial charge in [-0.3, -0.25) is 0 Å². The summed E-state index contributed by atoms with van der Waals surface area (Å²) in [5.74, 6) is 0. The van der Waals surface area contributed by atoms with Gasteiger partial charge in [-0.15, -0.1) is 0 Å². The van der Waals surface area contributed by atoms with Crippen LogP contribution < -0.4 is 5.32 Å². The standard InChI is InChI=1S/C13H23N3O2/c1-9(2)16-8-14-7-11(16)10(3)15-12(17)18-13(4,5)6/h7-10H,1-6H3,(H,15,17)/t10-/m1/s1. The highest BCUT2D eigenvalue weighted by Crippen LogP contribution is 2.17. The molecule has 1 amide bonds. The van der Waals surface area contributed by atoms with E-state index in [4.69, 9.17) is 4.74 Å². The van der Waals surface area contributed by atoms with E-state index < -0.39 is 11.7 Å². The van der Waals surface area contributed by atoms with Gasteiger partial charge in [0.15, 0.2) is 0 Å². The molecule has 0 saturated heterocycles. The molecule has 1 atom stereocenters. The van der Waals surface area contributed by atoms with E-state index in [0.29, 0.717) is 6.04 Å². The number of hydrogen-bond donors (Lipinski definition) is 1. The Morgan fingerprint density at radius 3 is 2.50 bits per heavy atom. The van der Waals surface area contributed by atoms with Gasteiger partial charge in [0.2, 0.25) is 0 Å². The fourth-order valence-corrected chi connectivity index (χ4v) is 1.64. The first-order valence-electron chi connectivity index (χ1n) is 6.22. The van der Waals surface area contributed by atoms with E-state index in [2.05, 4.69) is 24.1 Å². The minimum Gasteiger partial charge on any atom is -0.444 e. The molecule has 0 fully saturated rings. The van der Waals surface area contributed by atoms with Crippen LogP contribution in [0, 0.1) is 0 Å². The van der Waals surface area contributed by atoms with Crippen LogP contribution in [0.3, 0.4) is 0 Å². The number of imidazole rings is 1. The van der Waals surface area contributed by atoms with Gasteiger partial charge in [-0.1, -0.05) is 0 Å². The molecule has 18 heavy (non-hydrogen) atoms. The number of alkyl carbamates (subject to hydrolysis) is 1. The first kappa shape index (κ1) is 14.5. The summed E-state index contributed by atoms with van der Waals surface area (Å²) in [6, 6.07) is 0.176. The molecule has 0 unspecified atom stereocenters. The van der Waals surface area contributed by atoms with Crippen molar-refractivity contribution in [2.75, 3.05) is 0 Å². The predicted octanol–water partition coefficient (Wildman–Crippen LogP) is 3.05. The zero-order valence-corrected chi connectivity index (χ0v) is 12.0. The molecule has 0 saturated carbocycles. The van der Waals surface area contributed by atoms with Crippen LogP contribution >= 0.6 is 0 Å². The number of nitrogens with zero attached hydrogens (tertiary/aromatic N) is 2. The molecule has 102 valence electrons. The summed E-state index contributed by atoms with van der Waals surface area (Å²) in [5.41, 5.74) is 0.484. The van der Waals surface area contributed by atoms with E-state index in [0.717, 1.165) is 5.69 Å². The Kier molecular flexibility index (Phi) is 4.38. The average molecular weight is 253 g/mol. The van der Waals surface area contributed by atoms with Crippen molar-refractivity contribution in [1.29, 1.82) is 0 Å². The highest BCUT2D eigenvalue weighted by atomic mass is 16.6. The lowest BCUT2D eigenvalue weighted by Gasteiger charge is -2.23. The topological polar surface area (TPSA) is 56.2 Å². The summed E-state index contributed by atoms with van der Waals surface area (Å²) in [5, 5.41) is 2.81. The van der Waals surface area contributed by atoms with E-state index >= 15 is 0 Å². The van der Waals surface area contributed by atoms with Crippen molar-refractivity contribution in [1.82, 2.24) is 14.9 Å². The minimum atomic E-state index is -0.484. The van der Waals surface area contributed by atoms with Gasteiger partial charge >= 0.3 is 6.09 Å². The Morgan fingerprint density at radius 1 is 1.39 bits per heavy atom. The highest BCUT2D eigenvalue weighted by Gasteiger charge is 2.20. The maximum atomic E-state index is 11.7. The molecule has 5 nitrogen and oxygen atoms in total. The second kappa shape index (κ2) is 5.42. The van der Waals surface area contributed by atoms with Crippen molar-refractivity contribution in [2.45, 2.75) is 59.2 Å². The fraction of sp³-hybridized carbons (Fsp3) is 0.692. The van der Waals surface area contributed by atoms with Crippen LogP contribution in [0.2, 0.25) is 0 Å². The molecule has 0 spiro atoms. The van der Waals surface area contributed by atoms with Crippen molar-refractivity contribution in [2.24, 2.45) is 0 Å². The quantitative estimate of drug-likeness (QED) is 0.900. The van der Waals surface area contributed by atoms with Gasteiger partial charge in [0.05, 0.1) is 24.3 Å². The van der Waals surface area contributed by atoms with Crippen LogP contribution in [0.25, 0.3) is 0 Å². The lowest BCUT2D eigenvalue weighted by Crippen LogP contribution is -2.34. The van der Waals surface area contributed by atoms with Crippen LogP contribution in [0.15, 0.2) is 12.5 Å². The number of carbonyl (C=O) groups excluding carboxylic acids is 1. The van der Waals surface area contributed by atoms with Crippen LogP contribution in [-0.4, -0.2) is 21.2 Å². The molecule has 0 aliphatic carbocycles. The Hall–Kier alpha value is -1.52. The second-order valence-electron chi connectivity index (χ2n) is 5.69. The summed E-state index contributed by atoms with van der Waals surface area (Å²) < 4.78 is 7.26. The number of aromatic nitrogens is 2. The largest absolute Gasteiger partial charge is 0.444 e. The maximum absolute atomic E-state index is 11.7. The predicted molar refractivity (Wildman–Crippen MR) is 70.4 cm³/mol. The van der Waals surface area contributed by atoms with Gasteiger partial charge in [0.25, 0.3) is 0 Å². The van der Waals surface area contributed by atoms with Gasteiger partial charge in [0.1, 0.15) is 5.60 Å². The average Bonchev–Trinajstić information content (AvgIpc) is 2.61. The number of amides is 1. The van der Waals surface area contributed by atoms with E-state index in [-0.39, 0.29) is 6.04 Å². The van der Waals surface area contributed by atoms with Crippen molar-refractivity contribution in [3.8, 4) is 0 Å². The fourth-order valence-electron chi connectivity index (χ4n) is 1.64. The molecule has 1 rings (SSSR count). The Balaban J connectivity index is 2.68. The summed E-state index contributed by atoms with van der Waals surface area (Å²) in [7, 11) is 0. The van der Waals surface area contributed by atoms with Crippen molar-refractivity contribution >= 4 is 6.09 Å². The van der Waals surface area contributed by atoms with Crippen molar-refractivity contribution in [3.63, 3.8) is 0 Å². The number of nitrogens with one attached hydrogen (secondary N) is 1. The molecular weight excluding hydrogens is 230 g/mol. The van der Waals surface area contributed by atoms with Gasteiger partial charge in [-0.25, -0.2) is 9.78 Å². The van der Waals surface area contributed by atoms with E-state index in [1.165, 1.54) is 0 Å². The lowest BCUT2D eigenvalue weighted by atomic mass is 10.2. The van der Waals surface area contributed by atoms with E-state index in [1.54, 1.807) is 12.5 Å². The number of hydrogen-bond acceptors (Lipinski definition) is 3. The van der Waals surface area contributed by atoms with Gasteiger partial charge in [-0.2, -0.15) is 0 Å². The second-order valence-corrected chi connectivity index (χ2v) is 5.69. The number of carbonyl (C=O) groups is 1. The van der Waals surface area contributed by atoms with Crippen LogP contribution in [0.4, 0.5) is 4.79 Å². The minimum absolute atomic E-state index is 0.134. The molecule has 0 aromatic carbocycles. The third-order valence-corrected chi connectivity index (χ3v) is 2.43. The van der Waals surface area contributed by atoms with Gasteiger partial charge in [-0.05, 0) is 41.5 Å².